The van der Waals surface area contributed by atoms with Gasteiger partial charge >= 0.3 is 11.7 Å². The zero-order valence-electron chi connectivity index (χ0n) is 11.6. The number of hydrogen-bond acceptors (Lipinski definition) is 8. The molecule has 1 saturated heterocycles. The number of hydrogen-bond donors (Lipinski definition) is 4. The number of nitrogens with one attached hydrogen (secondary N) is 1. The van der Waals surface area contributed by atoms with Crippen LogP contribution in [0.4, 0.5) is 0 Å². The molecule has 10 heteroatoms. The Kier molecular flexibility index (Phi) is 4.76. The van der Waals surface area contributed by atoms with E-state index in [1.807, 2.05) is 4.98 Å². The van der Waals surface area contributed by atoms with E-state index in [0.29, 0.717) is 0 Å². The second-order valence-electron chi connectivity index (χ2n) is 4.80. The Morgan fingerprint density at radius 3 is 2.64 bits per heavy atom. The topological polar surface area (TPSA) is 151 Å². The van der Waals surface area contributed by atoms with Crippen LogP contribution in [0.1, 0.15) is 11.8 Å². The van der Waals surface area contributed by atoms with Crippen molar-refractivity contribution in [3.05, 3.63) is 32.6 Å². The third-order valence-electron chi connectivity index (χ3n) is 3.40. The Labute approximate surface area is 123 Å². The maximum absolute atomic E-state index is 11.8. The molecule has 4 atom stereocenters. The van der Waals surface area contributed by atoms with E-state index in [1.165, 1.54) is 0 Å². The highest BCUT2D eigenvalue weighted by atomic mass is 16.6. The van der Waals surface area contributed by atoms with Crippen LogP contribution in [0.25, 0.3) is 0 Å². The van der Waals surface area contributed by atoms with Crippen LogP contribution in [0, 0.1) is 0 Å². The summed E-state index contributed by atoms with van der Waals surface area (Å²) in [6, 6.07) is 0. The highest BCUT2D eigenvalue weighted by Gasteiger charge is 2.43. The van der Waals surface area contributed by atoms with Crippen molar-refractivity contribution in [3.63, 3.8) is 0 Å². The highest BCUT2D eigenvalue weighted by Crippen LogP contribution is 2.27. The van der Waals surface area contributed by atoms with Gasteiger partial charge in [-0.05, 0) is 0 Å². The van der Waals surface area contributed by atoms with Crippen LogP contribution in [0.3, 0.4) is 0 Å². The third-order valence-corrected chi connectivity index (χ3v) is 3.40. The van der Waals surface area contributed by atoms with Gasteiger partial charge in [0.1, 0.15) is 18.3 Å². The van der Waals surface area contributed by atoms with E-state index in [-0.39, 0.29) is 12.0 Å². The molecule has 1 aromatic rings. The monoisotopic (exact) mass is 316 g/mol. The molecule has 1 unspecified atom stereocenters. The number of nitrogens with zero attached hydrogens (tertiary/aromatic N) is 1. The maximum atomic E-state index is 11.8. The highest BCUT2D eigenvalue weighted by molar-refractivity contribution is 5.72. The third kappa shape index (κ3) is 2.95. The van der Waals surface area contributed by atoms with Gasteiger partial charge in [0.15, 0.2) is 6.23 Å². The molecule has 0 aromatic carbocycles. The van der Waals surface area contributed by atoms with Gasteiger partial charge in [-0.25, -0.2) is 4.79 Å². The van der Waals surface area contributed by atoms with Crippen LogP contribution in [-0.2, 0) is 20.7 Å². The molecule has 0 bridgehead atoms. The van der Waals surface area contributed by atoms with Gasteiger partial charge in [-0.1, -0.05) is 0 Å². The lowest BCUT2D eigenvalue weighted by Crippen LogP contribution is -2.39. The van der Waals surface area contributed by atoms with Gasteiger partial charge in [0.2, 0.25) is 0 Å². The average molecular weight is 316 g/mol. The molecule has 1 fully saturated rings. The van der Waals surface area contributed by atoms with E-state index in [0.717, 1.165) is 17.9 Å². The first kappa shape index (κ1) is 16.4. The molecule has 1 aliphatic rings. The van der Waals surface area contributed by atoms with Crippen molar-refractivity contribution in [2.45, 2.75) is 31.0 Å². The minimum Gasteiger partial charge on any atom is -0.469 e. The molecule has 2 heterocycles. The predicted molar refractivity (Wildman–Crippen MR) is 70.1 cm³/mol. The summed E-state index contributed by atoms with van der Waals surface area (Å²) in [6.45, 7) is -0.554. The molecular formula is C12H16N2O8. The number of aliphatic hydroxyl groups excluding tert-OH is 3. The van der Waals surface area contributed by atoms with Gasteiger partial charge in [-0.3, -0.25) is 19.1 Å². The van der Waals surface area contributed by atoms with Gasteiger partial charge in [-0.15, -0.1) is 0 Å². The summed E-state index contributed by atoms with van der Waals surface area (Å²) in [5.74, 6) is -0.683. The van der Waals surface area contributed by atoms with E-state index in [4.69, 9.17) is 9.84 Å². The van der Waals surface area contributed by atoms with Crippen molar-refractivity contribution in [3.8, 4) is 0 Å². The Morgan fingerprint density at radius 1 is 1.41 bits per heavy atom. The van der Waals surface area contributed by atoms with E-state index < -0.39 is 48.4 Å². The summed E-state index contributed by atoms with van der Waals surface area (Å²) in [5.41, 5.74) is -1.71. The van der Waals surface area contributed by atoms with Gasteiger partial charge in [0.25, 0.3) is 5.56 Å². The first-order chi connectivity index (χ1) is 10.4. The number of ether oxygens (including phenoxy) is 2. The molecule has 122 valence electrons. The summed E-state index contributed by atoms with van der Waals surface area (Å²) in [5, 5.41) is 28.6. The summed E-state index contributed by atoms with van der Waals surface area (Å²) in [4.78, 5) is 36.7. The molecule has 1 aliphatic heterocycles. The molecule has 0 saturated carbocycles. The molecule has 0 aliphatic carbocycles. The summed E-state index contributed by atoms with van der Waals surface area (Å²) >= 11 is 0. The number of carbonyl (C=O) groups is 1. The summed E-state index contributed by atoms with van der Waals surface area (Å²) in [7, 11) is 1.15. The number of aliphatic hydroxyl groups is 3. The fraction of sp³-hybridized carbons (Fsp3) is 0.583. The zero-order valence-corrected chi connectivity index (χ0v) is 11.6. The minimum absolute atomic E-state index is 0.0656. The molecule has 0 amide bonds. The average Bonchev–Trinajstić information content (AvgIpc) is 2.77. The van der Waals surface area contributed by atoms with Crippen LogP contribution >= 0.6 is 0 Å². The summed E-state index contributed by atoms with van der Waals surface area (Å²) < 4.78 is 10.5. The van der Waals surface area contributed by atoms with Gasteiger partial charge in [-0.2, -0.15) is 0 Å². The van der Waals surface area contributed by atoms with Crippen LogP contribution in [0.15, 0.2) is 15.8 Å². The fourth-order valence-corrected chi connectivity index (χ4v) is 2.18. The Bertz CT molecular complexity index is 666. The molecule has 10 nitrogen and oxygen atoms in total. The lowest BCUT2D eigenvalue weighted by molar-refractivity contribution is -0.139. The van der Waals surface area contributed by atoms with Crippen molar-refractivity contribution in [2.75, 3.05) is 13.7 Å². The molecule has 0 radical (unpaired) electrons. The number of esters is 1. The first-order valence-corrected chi connectivity index (χ1v) is 6.42. The number of aromatic nitrogens is 2. The lowest BCUT2D eigenvalue weighted by Gasteiger charge is -2.17. The van der Waals surface area contributed by atoms with Gasteiger partial charge < -0.3 is 24.8 Å². The SMILES string of the molecule is COC(=O)Cc1cn([C@@H]2O[C@H](CO)[C@H](O)C2O)c(=O)[nH]c1=O. The number of aromatic amines is 1. The van der Waals surface area contributed by atoms with Gasteiger partial charge in [0.05, 0.1) is 20.1 Å². The van der Waals surface area contributed by atoms with Crippen LogP contribution < -0.4 is 11.2 Å². The number of methoxy groups -OCH3 is 1. The van der Waals surface area contributed by atoms with Crippen molar-refractivity contribution >= 4 is 5.97 Å². The van der Waals surface area contributed by atoms with Crippen molar-refractivity contribution in [2.24, 2.45) is 0 Å². The fourth-order valence-electron chi connectivity index (χ4n) is 2.18. The van der Waals surface area contributed by atoms with E-state index in [9.17, 15) is 24.6 Å². The van der Waals surface area contributed by atoms with E-state index >= 15 is 0 Å². The lowest BCUT2D eigenvalue weighted by atomic mass is 10.1. The maximum Gasteiger partial charge on any atom is 0.330 e. The van der Waals surface area contributed by atoms with E-state index in [2.05, 4.69) is 4.74 Å². The molecule has 1 aromatic heterocycles. The normalized spacial score (nSPS) is 27.8. The van der Waals surface area contributed by atoms with Crippen molar-refractivity contribution in [1.82, 2.24) is 9.55 Å². The quantitative estimate of drug-likeness (QED) is 0.425. The largest absolute Gasteiger partial charge is 0.469 e. The minimum atomic E-state index is -1.48. The molecule has 0 spiro atoms. The van der Waals surface area contributed by atoms with E-state index in [1.54, 1.807) is 0 Å². The Balaban J connectivity index is 2.39. The van der Waals surface area contributed by atoms with Crippen LogP contribution in [0.5, 0.6) is 0 Å². The molecular weight excluding hydrogens is 300 g/mol. The summed E-state index contributed by atoms with van der Waals surface area (Å²) in [6.07, 6.45) is -4.56. The first-order valence-electron chi connectivity index (χ1n) is 6.42. The molecule has 4 N–H and O–H groups in total. The smallest absolute Gasteiger partial charge is 0.330 e. The van der Waals surface area contributed by atoms with Gasteiger partial charge in [0, 0.05) is 11.8 Å². The predicted octanol–water partition coefficient (Wildman–Crippen LogP) is -3.14. The second-order valence-corrected chi connectivity index (χ2v) is 4.80. The second kappa shape index (κ2) is 6.40. The number of rotatable bonds is 4. The van der Waals surface area contributed by atoms with Crippen LogP contribution in [-0.4, -0.2) is 62.9 Å². The Morgan fingerprint density at radius 2 is 2.09 bits per heavy atom. The van der Waals surface area contributed by atoms with Crippen molar-refractivity contribution < 1.29 is 29.6 Å². The number of H-pyrrole nitrogens is 1. The van der Waals surface area contributed by atoms with Crippen LogP contribution in [0.2, 0.25) is 0 Å². The zero-order chi connectivity index (χ0) is 16.4. The van der Waals surface area contributed by atoms with Crippen molar-refractivity contribution in [1.29, 1.82) is 0 Å². The molecule has 2 rings (SSSR count). The number of carbonyl (C=O) groups excluding carboxylic acids is 1. The standard InChI is InChI=1S/C12H16N2O8/c1-21-7(16)2-5-3-14(12(20)13-10(5)19)11-9(18)8(17)6(4-15)22-11/h3,6,8-9,11,15,17-18H,2,4H2,1H3,(H,13,19,20)/t6-,8+,9?,11-/m1/s1. The Hall–Kier alpha value is -2.01. The molecule has 22 heavy (non-hydrogen) atoms.